The summed E-state index contributed by atoms with van der Waals surface area (Å²) in [6.45, 7) is 4.14. The van der Waals surface area contributed by atoms with Gasteiger partial charge in [-0.05, 0) is 47.7 Å². The lowest BCUT2D eigenvalue weighted by Gasteiger charge is -2.24. The second kappa shape index (κ2) is 11.7. The minimum Gasteiger partial charge on any atom is -0.507 e. The van der Waals surface area contributed by atoms with Crippen LogP contribution in [0.1, 0.15) is 40.7 Å². The van der Waals surface area contributed by atoms with E-state index in [2.05, 4.69) is 0 Å². The fraction of sp³-hybridized carbons (Fsp3) is 0.250. The summed E-state index contributed by atoms with van der Waals surface area (Å²) in [5, 5.41) is 13.3. The molecule has 0 saturated carbocycles. The molecule has 0 aliphatic carbocycles. The highest BCUT2D eigenvalue weighted by Gasteiger charge is 2.48. The van der Waals surface area contributed by atoms with Crippen LogP contribution < -0.4 is 14.4 Å². The summed E-state index contributed by atoms with van der Waals surface area (Å²) in [5.41, 5.74) is 0.512. The van der Waals surface area contributed by atoms with Gasteiger partial charge in [0.1, 0.15) is 16.8 Å². The zero-order valence-electron chi connectivity index (χ0n) is 21.5. The molecule has 1 atom stereocenters. The van der Waals surface area contributed by atoms with Crippen molar-refractivity contribution in [2.45, 2.75) is 19.9 Å². The zero-order valence-corrected chi connectivity index (χ0v) is 23.8. The van der Waals surface area contributed by atoms with E-state index in [0.29, 0.717) is 16.1 Å². The lowest BCUT2D eigenvalue weighted by atomic mass is 9.99. The molecule has 1 N–H and O–H groups in total. The monoisotopic (exact) mass is 589 g/mol. The van der Waals surface area contributed by atoms with Gasteiger partial charge >= 0.3 is 5.97 Å². The molecule has 1 unspecified atom stereocenters. The van der Waals surface area contributed by atoms with Gasteiger partial charge in [-0.25, -0.2) is 4.79 Å². The number of amides is 1. The van der Waals surface area contributed by atoms with E-state index >= 15 is 0 Å². The Labute approximate surface area is 239 Å². The summed E-state index contributed by atoms with van der Waals surface area (Å²) < 4.78 is 15.9. The molecule has 1 amide bonds. The number of esters is 1. The van der Waals surface area contributed by atoms with Crippen molar-refractivity contribution in [3.63, 3.8) is 0 Å². The number of halogens is 2. The molecule has 2 heterocycles. The Morgan fingerprint density at radius 3 is 2.31 bits per heavy atom. The number of carbonyl (C=O) groups is 3. The van der Waals surface area contributed by atoms with Crippen molar-refractivity contribution in [1.29, 1.82) is 0 Å². The van der Waals surface area contributed by atoms with Crippen LogP contribution in [0.25, 0.3) is 5.76 Å². The summed E-state index contributed by atoms with van der Waals surface area (Å²) in [6.07, 6.45) is 0. The zero-order chi connectivity index (χ0) is 28.4. The van der Waals surface area contributed by atoms with Gasteiger partial charge in [0.25, 0.3) is 11.7 Å². The maximum atomic E-state index is 13.4. The van der Waals surface area contributed by atoms with Gasteiger partial charge in [0, 0.05) is 10.6 Å². The third kappa shape index (κ3) is 5.34. The van der Waals surface area contributed by atoms with Crippen LogP contribution in [-0.4, -0.2) is 43.6 Å². The predicted octanol–water partition coefficient (Wildman–Crippen LogP) is 6.51. The number of benzene rings is 2. The van der Waals surface area contributed by atoms with Crippen molar-refractivity contribution >= 4 is 63.6 Å². The number of hydrogen-bond acceptors (Lipinski definition) is 8. The smallest absolute Gasteiger partial charge is 0.338 e. The van der Waals surface area contributed by atoms with Crippen LogP contribution in [0, 0.1) is 5.92 Å². The van der Waals surface area contributed by atoms with Crippen molar-refractivity contribution in [2.75, 3.05) is 25.7 Å². The number of aliphatic hydroxyl groups excluding tert-OH is 1. The molecule has 3 aromatic rings. The van der Waals surface area contributed by atoms with Gasteiger partial charge in [0.05, 0.1) is 42.5 Å². The molecule has 1 saturated heterocycles. The van der Waals surface area contributed by atoms with E-state index in [1.54, 1.807) is 29.6 Å². The molecule has 0 spiro atoms. The minimum atomic E-state index is -0.965. The number of ether oxygens (including phenoxy) is 3. The van der Waals surface area contributed by atoms with Crippen molar-refractivity contribution in [3.05, 3.63) is 79.5 Å². The van der Waals surface area contributed by atoms with Gasteiger partial charge in [0.15, 0.2) is 11.5 Å². The third-order valence-electron chi connectivity index (χ3n) is 5.98. The SMILES string of the molecule is COc1c(Cl)cc(/C(O)=C2/C(=O)C(=O)N(c3ccc(C(=O)OCC(C)C)cc3)C2c2cccs2)c(OC)c1Cl. The second-order valence-corrected chi connectivity index (χ2v) is 10.8. The molecule has 39 heavy (non-hydrogen) atoms. The van der Waals surface area contributed by atoms with Crippen LogP contribution in [0.2, 0.25) is 10.0 Å². The quantitative estimate of drug-likeness (QED) is 0.138. The standard InChI is InChI=1S/C28H25Cl2NO7S/c1-14(2)13-38-28(35)15-7-9-16(10-8-15)31-22(19-6-5-11-39-19)20(24(33)27(31)34)23(32)17-12-18(29)26(37-4)21(30)25(17)36-3/h5-12,14,22,32H,13H2,1-4H3/b23-20-. The Kier molecular flexibility index (Phi) is 8.54. The summed E-state index contributed by atoms with van der Waals surface area (Å²) in [6, 6.07) is 10.1. The van der Waals surface area contributed by atoms with Crippen molar-refractivity contribution < 1.29 is 33.7 Å². The van der Waals surface area contributed by atoms with E-state index in [9.17, 15) is 19.5 Å². The van der Waals surface area contributed by atoms with E-state index in [4.69, 9.17) is 37.4 Å². The number of rotatable bonds is 8. The highest BCUT2D eigenvalue weighted by molar-refractivity contribution is 7.10. The van der Waals surface area contributed by atoms with Crippen molar-refractivity contribution in [3.8, 4) is 11.5 Å². The molecule has 11 heteroatoms. The van der Waals surface area contributed by atoms with Crippen molar-refractivity contribution in [2.24, 2.45) is 5.92 Å². The average molecular weight is 590 g/mol. The minimum absolute atomic E-state index is 0.00380. The molecule has 1 aliphatic rings. The van der Waals surface area contributed by atoms with E-state index in [1.165, 1.54) is 48.7 Å². The normalized spacial score (nSPS) is 16.6. The molecular weight excluding hydrogens is 565 g/mol. The van der Waals surface area contributed by atoms with E-state index < -0.39 is 29.5 Å². The Morgan fingerprint density at radius 2 is 1.74 bits per heavy atom. The summed E-state index contributed by atoms with van der Waals surface area (Å²) in [5.74, 6) is -2.42. The van der Waals surface area contributed by atoms with Gasteiger partial charge in [0.2, 0.25) is 0 Å². The molecule has 1 aliphatic heterocycles. The molecule has 4 rings (SSSR count). The van der Waals surface area contributed by atoms with Gasteiger partial charge in [-0.3, -0.25) is 14.5 Å². The molecule has 1 aromatic heterocycles. The summed E-state index contributed by atoms with van der Waals surface area (Å²) in [4.78, 5) is 41.1. The number of aliphatic hydroxyl groups is 1. The maximum Gasteiger partial charge on any atom is 0.338 e. The third-order valence-corrected chi connectivity index (χ3v) is 7.53. The van der Waals surface area contributed by atoms with Crippen LogP contribution in [0.4, 0.5) is 5.69 Å². The molecule has 1 fully saturated rings. The number of thiophene rings is 1. The maximum absolute atomic E-state index is 13.4. The van der Waals surface area contributed by atoms with Crippen LogP contribution in [-0.2, 0) is 14.3 Å². The highest BCUT2D eigenvalue weighted by Crippen LogP contribution is 2.48. The molecule has 2 aromatic carbocycles. The average Bonchev–Trinajstić information content (AvgIpc) is 3.53. The number of anilines is 1. The first-order chi connectivity index (χ1) is 18.6. The number of carbonyl (C=O) groups excluding carboxylic acids is 3. The van der Waals surface area contributed by atoms with Crippen LogP contribution in [0.5, 0.6) is 11.5 Å². The Morgan fingerprint density at radius 1 is 1.08 bits per heavy atom. The van der Waals surface area contributed by atoms with Gasteiger partial charge < -0.3 is 19.3 Å². The molecule has 8 nitrogen and oxygen atoms in total. The van der Waals surface area contributed by atoms with E-state index in [0.717, 1.165) is 0 Å². The van der Waals surface area contributed by atoms with E-state index in [1.807, 2.05) is 13.8 Å². The van der Waals surface area contributed by atoms with Crippen molar-refractivity contribution in [1.82, 2.24) is 0 Å². The van der Waals surface area contributed by atoms with Crippen LogP contribution in [0.3, 0.4) is 0 Å². The number of nitrogens with zero attached hydrogens (tertiary/aromatic N) is 1. The number of ketones is 1. The Balaban J connectivity index is 1.84. The fourth-order valence-electron chi connectivity index (χ4n) is 4.19. The predicted molar refractivity (Wildman–Crippen MR) is 150 cm³/mol. The number of Topliss-reactive ketones (excluding diaryl/α,β-unsaturated/α-hetero) is 1. The van der Waals surface area contributed by atoms with Gasteiger partial charge in [-0.15, -0.1) is 11.3 Å². The largest absolute Gasteiger partial charge is 0.507 e. The molecule has 0 radical (unpaired) electrons. The van der Waals surface area contributed by atoms with Gasteiger partial charge in [-0.2, -0.15) is 0 Å². The molecule has 0 bridgehead atoms. The van der Waals surface area contributed by atoms with Crippen LogP contribution in [0.15, 0.2) is 53.4 Å². The fourth-order valence-corrected chi connectivity index (χ4v) is 5.70. The topological polar surface area (TPSA) is 102 Å². The lowest BCUT2D eigenvalue weighted by Crippen LogP contribution is -2.29. The molecular formula is C28H25Cl2NO7S. The first-order valence-electron chi connectivity index (χ1n) is 11.8. The lowest BCUT2D eigenvalue weighted by molar-refractivity contribution is -0.132. The Hall–Kier alpha value is -3.53. The van der Waals surface area contributed by atoms with Gasteiger partial charge in [-0.1, -0.05) is 43.1 Å². The van der Waals surface area contributed by atoms with E-state index in [-0.39, 0.29) is 45.2 Å². The first-order valence-corrected chi connectivity index (χ1v) is 13.5. The highest BCUT2D eigenvalue weighted by atomic mass is 35.5. The Bertz CT molecular complexity index is 1450. The number of methoxy groups -OCH3 is 2. The summed E-state index contributed by atoms with van der Waals surface area (Å²) >= 11 is 14.0. The first kappa shape index (κ1) is 28.5. The van der Waals surface area contributed by atoms with Crippen LogP contribution >= 0.6 is 34.5 Å². The second-order valence-electron chi connectivity index (χ2n) is 9.01. The molecule has 204 valence electrons. The number of hydrogen-bond donors (Lipinski definition) is 1. The summed E-state index contributed by atoms with van der Waals surface area (Å²) in [7, 11) is 2.72.